The van der Waals surface area contributed by atoms with Gasteiger partial charge in [-0.1, -0.05) is 19.9 Å². The summed E-state index contributed by atoms with van der Waals surface area (Å²) in [5, 5.41) is 3.31. The molecule has 0 fully saturated rings. The van der Waals surface area contributed by atoms with Crippen molar-refractivity contribution < 1.29 is 9.47 Å². The molecule has 1 aromatic rings. The Bertz CT molecular complexity index is 299. The van der Waals surface area contributed by atoms with E-state index in [1.54, 1.807) is 7.11 Å². The lowest BCUT2D eigenvalue weighted by Crippen LogP contribution is -2.20. The normalized spacial score (nSPS) is 10.8. The minimum absolute atomic E-state index is 0.598. The molecule has 0 atom stereocenters. The number of hydrogen-bond donors (Lipinski definition) is 1. The van der Waals surface area contributed by atoms with Crippen molar-refractivity contribution in [1.82, 2.24) is 10.3 Å². The topological polar surface area (TPSA) is 43.4 Å². The Balaban J connectivity index is 2.09. The molecule has 4 nitrogen and oxygen atoms in total. The summed E-state index contributed by atoms with van der Waals surface area (Å²) in [4.78, 5) is 4.14. The molecule has 1 N–H and O–H groups in total. The van der Waals surface area contributed by atoms with E-state index in [-0.39, 0.29) is 0 Å². The molecule has 0 aromatic carbocycles. The number of nitrogens with one attached hydrogen (secondary N) is 1. The van der Waals surface area contributed by atoms with Crippen molar-refractivity contribution in [3.05, 3.63) is 23.9 Å². The number of hydrogen-bond acceptors (Lipinski definition) is 4. The first kappa shape index (κ1) is 13.9. The molecule has 17 heavy (non-hydrogen) atoms. The molecule has 0 aliphatic heterocycles. The van der Waals surface area contributed by atoms with Crippen molar-refractivity contribution in [2.75, 3.05) is 26.9 Å². The van der Waals surface area contributed by atoms with Gasteiger partial charge in [0.25, 0.3) is 0 Å². The largest absolute Gasteiger partial charge is 0.481 e. The zero-order chi connectivity index (χ0) is 12.5. The zero-order valence-corrected chi connectivity index (χ0v) is 10.9. The maximum Gasteiger partial charge on any atom is 0.212 e. The highest BCUT2D eigenvalue weighted by molar-refractivity contribution is 5.17. The molecule has 0 unspecified atom stereocenters. The highest BCUT2D eigenvalue weighted by atomic mass is 16.5. The first-order valence-corrected chi connectivity index (χ1v) is 5.99. The lowest BCUT2D eigenvalue weighted by Gasteiger charge is -2.08. The summed E-state index contributed by atoms with van der Waals surface area (Å²) >= 11 is 0. The second-order valence-electron chi connectivity index (χ2n) is 4.35. The van der Waals surface area contributed by atoms with Crippen LogP contribution in [-0.4, -0.2) is 31.9 Å². The molecule has 0 spiro atoms. The standard InChI is InChI=1S/C13H22N2O2/c1-11(2)10-17-7-6-14-8-12-4-5-13(16-3)15-9-12/h4-5,9,11,14H,6-8,10H2,1-3H3. The number of rotatable bonds is 8. The third-order valence-corrected chi connectivity index (χ3v) is 2.21. The lowest BCUT2D eigenvalue weighted by molar-refractivity contribution is 0.111. The van der Waals surface area contributed by atoms with Gasteiger partial charge in [-0.3, -0.25) is 0 Å². The van der Waals surface area contributed by atoms with Crippen molar-refractivity contribution in [3.63, 3.8) is 0 Å². The fourth-order valence-corrected chi connectivity index (χ4v) is 1.33. The molecule has 4 heteroatoms. The van der Waals surface area contributed by atoms with Crippen molar-refractivity contribution in [3.8, 4) is 5.88 Å². The van der Waals surface area contributed by atoms with E-state index in [4.69, 9.17) is 9.47 Å². The van der Waals surface area contributed by atoms with Crippen LogP contribution in [0.3, 0.4) is 0 Å². The molecule has 1 aromatic heterocycles. The van der Waals surface area contributed by atoms with E-state index in [9.17, 15) is 0 Å². The second-order valence-corrected chi connectivity index (χ2v) is 4.35. The third kappa shape index (κ3) is 6.24. The first-order valence-electron chi connectivity index (χ1n) is 5.99. The van der Waals surface area contributed by atoms with Crippen LogP contribution in [-0.2, 0) is 11.3 Å². The Morgan fingerprint density at radius 3 is 2.76 bits per heavy atom. The Morgan fingerprint density at radius 1 is 1.35 bits per heavy atom. The highest BCUT2D eigenvalue weighted by Crippen LogP contribution is 2.05. The molecule has 0 bridgehead atoms. The molecule has 0 radical (unpaired) electrons. The van der Waals surface area contributed by atoms with Crippen molar-refractivity contribution >= 4 is 0 Å². The molecular formula is C13H22N2O2. The summed E-state index contributed by atoms with van der Waals surface area (Å²) < 4.78 is 10.5. The number of pyridine rings is 1. The molecule has 0 amide bonds. The van der Waals surface area contributed by atoms with Gasteiger partial charge in [-0.25, -0.2) is 4.98 Å². The fraction of sp³-hybridized carbons (Fsp3) is 0.615. The van der Waals surface area contributed by atoms with Gasteiger partial charge in [0.05, 0.1) is 13.7 Å². The number of ether oxygens (including phenoxy) is 2. The molecule has 0 aliphatic rings. The van der Waals surface area contributed by atoms with Gasteiger partial charge in [0.1, 0.15) is 0 Å². The van der Waals surface area contributed by atoms with E-state index in [1.807, 2.05) is 18.3 Å². The summed E-state index contributed by atoms with van der Waals surface area (Å²) in [6.45, 7) is 7.54. The summed E-state index contributed by atoms with van der Waals surface area (Å²) in [6.07, 6.45) is 1.82. The molecule has 0 saturated heterocycles. The van der Waals surface area contributed by atoms with Gasteiger partial charge in [-0.15, -0.1) is 0 Å². The third-order valence-electron chi connectivity index (χ3n) is 2.21. The smallest absolute Gasteiger partial charge is 0.212 e. The average Bonchev–Trinajstić information content (AvgIpc) is 2.34. The highest BCUT2D eigenvalue weighted by Gasteiger charge is 1.96. The fourth-order valence-electron chi connectivity index (χ4n) is 1.33. The van der Waals surface area contributed by atoms with E-state index in [0.29, 0.717) is 11.8 Å². The number of methoxy groups -OCH3 is 1. The molecule has 96 valence electrons. The summed E-state index contributed by atoms with van der Waals surface area (Å²) in [6, 6.07) is 3.88. The summed E-state index contributed by atoms with van der Waals surface area (Å²) in [5.41, 5.74) is 1.15. The predicted octanol–water partition coefficient (Wildman–Crippen LogP) is 1.85. The van der Waals surface area contributed by atoms with Gasteiger partial charge in [0.2, 0.25) is 5.88 Å². The van der Waals surface area contributed by atoms with Gasteiger partial charge in [0, 0.05) is 32.0 Å². The van der Waals surface area contributed by atoms with Gasteiger partial charge in [-0.05, 0) is 11.5 Å². The van der Waals surface area contributed by atoms with E-state index >= 15 is 0 Å². The van der Waals surface area contributed by atoms with E-state index < -0.39 is 0 Å². The first-order chi connectivity index (χ1) is 8.22. The SMILES string of the molecule is COc1ccc(CNCCOCC(C)C)cn1. The molecule has 0 aliphatic carbocycles. The quantitative estimate of drug-likeness (QED) is 0.702. The second kappa shape index (κ2) is 8.03. The van der Waals surface area contributed by atoms with Crippen LogP contribution in [0.1, 0.15) is 19.4 Å². The Morgan fingerprint density at radius 2 is 2.18 bits per heavy atom. The van der Waals surface area contributed by atoms with Crippen LogP contribution < -0.4 is 10.1 Å². The Hall–Kier alpha value is -1.13. The predicted molar refractivity (Wildman–Crippen MR) is 68.2 cm³/mol. The average molecular weight is 238 g/mol. The maximum atomic E-state index is 5.47. The summed E-state index contributed by atoms with van der Waals surface area (Å²) in [5.74, 6) is 1.25. The van der Waals surface area contributed by atoms with Crippen LogP contribution in [0.25, 0.3) is 0 Å². The molecule has 1 rings (SSSR count). The lowest BCUT2D eigenvalue weighted by atomic mass is 10.2. The maximum absolute atomic E-state index is 5.47. The van der Waals surface area contributed by atoms with Crippen LogP contribution in [0.5, 0.6) is 5.88 Å². The van der Waals surface area contributed by atoms with Crippen LogP contribution in [0.15, 0.2) is 18.3 Å². The zero-order valence-electron chi connectivity index (χ0n) is 10.9. The Labute approximate surface area is 103 Å². The van der Waals surface area contributed by atoms with Crippen LogP contribution >= 0.6 is 0 Å². The van der Waals surface area contributed by atoms with Crippen LogP contribution in [0.4, 0.5) is 0 Å². The van der Waals surface area contributed by atoms with E-state index in [2.05, 4.69) is 24.1 Å². The van der Waals surface area contributed by atoms with Gasteiger partial charge in [-0.2, -0.15) is 0 Å². The summed E-state index contributed by atoms with van der Waals surface area (Å²) in [7, 11) is 1.62. The minimum Gasteiger partial charge on any atom is -0.481 e. The van der Waals surface area contributed by atoms with Crippen molar-refractivity contribution in [2.24, 2.45) is 5.92 Å². The van der Waals surface area contributed by atoms with Gasteiger partial charge >= 0.3 is 0 Å². The number of aromatic nitrogens is 1. The number of nitrogens with zero attached hydrogens (tertiary/aromatic N) is 1. The Kier molecular flexibility index (Phi) is 6.58. The van der Waals surface area contributed by atoms with Gasteiger partial charge in [0.15, 0.2) is 0 Å². The molecule has 1 heterocycles. The minimum atomic E-state index is 0.598. The van der Waals surface area contributed by atoms with Crippen LogP contribution in [0.2, 0.25) is 0 Å². The van der Waals surface area contributed by atoms with Crippen molar-refractivity contribution in [1.29, 1.82) is 0 Å². The molecular weight excluding hydrogens is 216 g/mol. The van der Waals surface area contributed by atoms with Crippen LogP contribution in [0, 0.1) is 5.92 Å². The van der Waals surface area contributed by atoms with Crippen molar-refractivity contribution in [2.45, 2.75) is 20.4 Å². The van der Waals surface area contributed by atoms with Gasteiger partial charge < -0.3 is 14.8 Å². The van der Waals surface area contributed by atoms with E-state index in [1.165, 1.54) is 0 Å². The van der Waals surface area contributed by atoms with E-state index in [0.717, 1.165) is 31.9 Å². The molecule has 0 saturated carbocycles. The monoisotopic (exact) mass is 238 g/mol.